The minimum absolute atomic E-state index is 0.483. The molecular formula is C13H18GeO4. The number of carbonyl (C=O) groups excluding carboxylic acids is 2. The molecular weight excluding hydrogens is 293 g/mol. The summed E-state index contributed by atoms with van der Waals surface area (Å²) in [6.07, 6.45) is -0.964. The fourth-order valence-corrected chi connectivity index (χ4v) is 2.89. The normalized spacial score (nSPS) is 12.7. The maximum atomic E-state index is 12.0. The third-order valence-electron chi connectivity index (χ3n) is 2.01. The summed E-state index contributed by atoms with van der Waals surface area (Å²) in [5, 5.41) is 0. The number of esters is 1. The first-order chi connectivity index (χ1) is 8.29. The number of hydrogen-bond acceptors (Lipinski definition) is 4. The number of rotatable bonds is 4. The van der Waals surface area contributed by atoms with E-state index in [0.717, 1.165) is 0 Å². The van der Waals surface area contributed by atoms with E-state index in [1.165, 1.54) is 6.92 Å². The molecule has 0 heterocycles. The maximum absolute atomic E-state index is 12.0. The van der Waals surface area contributed by atoms with E-state index in [4.69, 9.17) is 8.50 Å². The van der Waals surface area contributed by atoms with E-state index in [2.05, 4.69) is 0 Å². The standard InChI is InChI=1S/C13H18GeO4/c1-10(15)17-12(11-8-6-5-7-9-11)13(16)18-14(2,3)4/h5-9,12H,1-4H3. The third kappa shape index (κ3) is 4.91. The van der Waals surface area contributed by atoms with Crippen LogP contribution in [0.25, 0.3) is 0 Å². The second-order valence-electron chi connectivity index (χ2n) is 4.93. The molecule has 0 bridgehead atoms. The van der Waals surface area contributed by atoms with Gasteiger partial charge in [0.2, 0.25) is 0 Å². The first-order valence-corrected chi connectivity index (χ1v) is 12.9. The third-order valence-corrected chi connectivity index (χ3v) is 3.71. The van der Waals surface area contributed by atoms with Crippen molar-refractivity contribution in [1.82, 2.24) is 0 Å². The van der Waals surface area contributed by atoms with Crippen LogP contribution in [0.1, 0.15) is 18.6 Å². The molecule has 0 N–H and O–H groups in total. The van der Waals surface area contributed by atoms with Crippen LogP contribution >= 0.6 is 0 Å². The number of hydrogen-bond donors (Lipinski definition) is 0. The Morgan fingerprint density at radius 2 is 1.67 bits per heavy atom. The van der Waals surface area contributed by atoms with Crippen LogP contribution in [0.3, 0.4) is 0 Å². The summed E-state index contributed by atoms with van der Waals surface area (Å²) in [5.41, 5.74) is 0.629. The molecule has 98 valence electrons. The molecule has 0 radical (unpaired) electrons. The second kappa shape index (κ2) is 6.04. The van der Waals surface area contributed by atoms with Crippen molar-refractivity contribution in [2.45, 2.75) is 30.3 Å². The molecule has 0 spiro atoms. The Balaban J connectivity index is 2.92. The predicted molar refractivity (Wildman–Crippen MR) is 70.4 cm³/mol. The Morgan fingerprint density at radius 1 is 1.11 bits per heavy atom. The molecule has 18 heavy (non-hydrogen) atoms. The van der Waals surface area contributed by atoms with Crippen LogP contribution in [0.15, 0.2) is 30.3 Å². The minimum atomic E-state index is -2.49. The molecule has 0 saturated heterocycles. The summed E-state index contributed by atoms with van der Waals surface area (Å²) in [5.74, 6) is 4.88. The molecule has 1 aromatic carbocycles. The van der Waals surface area contributed by atoms with Gasteiger partial charge in [0.1, 0.15) is 0 Å². The van der Waals surface area contributed by atoms with Crippen molar-refractivity contribution in [3.8, 4) is 0 Å². The van der Waals surface area contributed by atoms with Gasteiger partial charge in [0.05, 0.1) is 0 Å². The van der Waals surface area contributed by atoms with Crippen molar-refractivity contribution in [3.05, 3.63) is 35.9 Å². The number of carbonyl (C=O) groups is 2. The van der Waals surface area contributed by atoms with Gasteiger partial charge in [0, 0.05) is 0 Å². The van der Waals surface area contributed by atoms with Gasteiger partial charge in [-0.05, 0) is 0 Å². The number of ether oxygens (including phenoxy) is 1. The van der Waals surface area contributed by atoms with Gasteiger partial charge in [-0.25, -0.2) is 0 Å². The van der Waals surface area contributed by atoms with Gasteiger partial charge in [0.25, 0.3) is 0 Å². The van der Waals surface area contributed by atoms with Gasteiger partial charge in [-0.1, -0.05) is 0 Å². The van der Waals surface area contributed by atoms with Crippen LogP contribution in [0.4, 0.5) is 0 Å². The molecule has 0 amide bonds. The van der Waals surface area contributed by atoms with Crippen LogP contribution in [0, 0.1) is 0 Å². The molecule has 1 aromatic rings. The number of benzene rings is 1. The van der Waals surface area contributed by atoms with E-state index < -0.39 is 31.6 Å². The molecule has 0 fully saturated rings. The summed E-state index contributed by atoms with van der Waals surface area (Å²) < 4.78 is 10.5. The average molecular weight is 311 g/mol. The van der Waals surface area contributed by atoms with Gasteiger partial charge >= 0.3 is 110 Å². The Bertz CT molecular complexity index is 422. The average Bonchev–Trinajstić information content (AvgIpc) is 2.24. The summed E-state index contributed by atoms with van der Waals surface area (Å²) >= 11 is -2.49. The van der Waals surface area contributed by atoms with Crippen molar-refractivity contribution < 1.29 is 18.1 Å². The Morgan fingerprint density at radius 3 is 2.11 bits per heavy atom. The monoisotopic (exact) mass is 312 g/mol. The van der Waals surface area contributed by atoms with Crippen molar-refractivity contribution in [2.75, 3.05) is 0 Å². The fraction of sp³-hybridized carbons (Fsp3) is 0.385. The summed E-state index contributed by atoms with van der Waals surface area (Å²) in [4.78, 5) is 23.1. The van der Waals surface area contributed by atoms with Crippen LogP contribution in [0.2, 0.25) is 17.3 Å². The van der Waals surface area contributed by atoms with Crippen LogP contribution in [0.5, 0.6) is 0 Å². The zero-order chi connectivity index (χ0) is 13.8. The molecule has 0 aliphatic carbocycles. The second-order valence-corrected chi connectivity index (χ2v) is 14.2. The molecule has 0 aromatic heterocycles. The first kappa shape index (κ1) is 14.8. The zero-order valence-electron chi connectivity index (χ0n) is 11.1. The van der Waals surface area contributed by atoms with E-state index >= 15 is 0 Å². The molecule has 4 nitrogen and oxygen atoms in total. The van der Waals surface area contributed by atoms with Gasteiger partial charge in [0.15, 0.2) is 0 Å². The molecule has 0 aliphatic rings. The fourth-order valence-electron chi connectivity index (χ4n) is 1.40. The van der Waals surface area contributed by atoms with Crippen LogP contribution < -0.4 is 0 Å². The van der Waals surface area contributed by atoms with E-state index in [-0.39, 0.29) is 0 Å². The Labute approximate surface area is 110 Å². The van der Waals surface area contributed by atoms with E-state index in [9.17, 15) is 9.59 Å². The van der Waals surface area contributed by atoms with Gasteiger partial charge in [-0.3, -0.25) is 0 Å². The predicted octanol–water partition coefficient (Wildman–Crippen LogP) is 2.67. The van der Waals surface area contributed by atoms with Crippen molar-refractivity contribution in [1.29, 1.82) is 0 Å². The SMILES string of the molecule is CC(=O)OC(C(=O)[O][Ge]([CH3])([CH3])[CH3])c1ccccc1. The quantitative estimate of drug-likeness (QED) is 0.634. The van der Waals surface area contributed by atoms with E-state index in [0.29, 0.717) is 5.56 Å². The zero-order valence-corrected chi connectivity index (χ0v) is 13.2. The topological polar surface area (TPSA) is 52.6 Å². The molecule has 0 aliphatic heterocycles. The van der Waals surface area contributed by atoms with Gasteiger partial charge < -0.3 is 0 Å². The van der Waals surface area contributed by atoms with Crippen molar-refractivity contribution in [3.63, 3.8) is 0 Å². The van der Waals surface area contributed by atoms with Crippen molar-refractivity contribution in [2.24, 2.45) is 0 Å². The molecule has 5 heteroatoms. The molecule has 1 unspecified atom stereocenters. The van der Waals surface area contributed by atoms with Crippen LogP contribution in [-0.2, 0) is 18.1 Å². The molecule has 1 atom stereocenters. The summed E-state index contributed by atoms with van der Waals surface area (Å²) in [6, 6.07) is 8.89. The Kier molecular flexibility index (Phi) is 4.96. The Hall–Kier alpha value is -1.30. The van der Waals surface area contributed by atoms with E-state index in [1.807, 2.05) is 23.3 Å². The summed E-state index contributed by atoms with van der Waals surface area (Å²) in [6.45, 7) is 1.28. The van der Waals surface area contributed by atoms with Crippen LogP contribution in [-0.4, -0.2) is 25.5 Å². The van der Waals surface area contributed by atoms with Crippen molar-refractivity contribution >= 4 is 25.5 Å². The van der Waals surface area contributed by atoms with Gasteiger partial charge in [-0.15, -0.1) is 0 Å². The first-order valence-electron chi connectivity index (χ1n) is 5.74. The molecule has 0 saturated carbocycles. The molecule has 1 rings (SSSR count). The van der Waals surface area contributed by atoms with Gasteiger partial charge in [-0.2, -0.15) is 0 Å². The summed E-state index contributed by atoms with van der Waals surface area (Å²) in [7, 11) is 0. The van der Waals surface area contributed by atoms with E-state index in [1.54, 1.807) is 24.3 Å².